The molecule has 1 aliphatic rings. The zero-order valence-corrected chi connectivity index (χ0v) is 17.3. The van der Waals surface area contributed by atoms with Crippen LogP contribution >= 0.6 is 0 Å². The van der Waals surface area contributed by atoms with Crippen LogP contribution in [0.15, 0.2) is 96.7 Å². The van der Waals surface area contributed by atoms with Gasteiger partial charge in [0.05, 0.1) is 12.2 Å². The number of nitrogens with zero attached hydrogens (tertiary/aromatic N) is 2. The van der Waals surface area contributed by atoms with Gasteiger partial charge in [0.15, 0.2) is 0 Å². The van der Waals surface area contributed by atoms with Gasteiger partial charge >= 0.3 is 0 Å². The van der Waals surface area contributed by atoms with Crippen LogP contribution in [0, 0.1) is 0 Å². The molecule has 32 heavy (non-hydrogen) atoms. The minimum absolute atomic E-state index is 0.109. The number of rotatable bonds is 6. The van der Waals surface area contributed by atoms with E-state index in [0.717, 1.165) is 22.2 Å². The van der Waals surface area contributed by atoms with Crippen LogP contribution in [0.1, 0.15) is 5.56 Å². The Morgan fingerprint density at radius 3 is 2.31 bits per heavy atom. The van der Waals surface area contributed by atoms with Crippen molar-refractivity contribution in [1.29, 1.82) is 0 Å². The zero-order chi connectivity index (χ0) is 21.9. The van der Waals surface area contributed by atoms with Gasteiger partial charge in [0, 0.05) is 22.7 Å². The molecule has 3 aromatic carbocycles. The third-order valence-electron chi connectivity index (χ3n) is 5.37. The lowest BCUT2D eigenvalue weighted by Gasteiger charge is -2.13. The summed E-state index contributed by atoms with van der Waals surface area (Å²) in [5.41, 5.74) is 5.21. The molecule has 1 aliphatic heterocycles. The van der Waals surface area contributed by atoms with Crippen molar-refractivity contribution in [2.75, 3.05) is 11.6 Å². The standard InChI is InChI=1S/C26H21N3O3/c30-25-23(26(31)29(27-25)20-9-3-1-4-10-20)17-19-18-28(24-14-8-7-13-22(19)24)15-16-32-21-11-5-2-6-12-21/h1-14,17-18H,15-16H2,(H,27,30)/b23-17+. The van der Waals surface area contributed by atoms with Crippen LogP contribution < -0.4 is 15.2 Å². The maximum absolute atomic E-state index is 12.9. The summed E-state index contributed by atoms with van der Waals surface area (Å²) in [4.78, 5) is 25.5. The molecule has 1 saturated heterocycles. The molecular weight excluding hydrogens is 402 g/mol. The van der Waals surface area contributed by atoms with Crippen LogP contribution in [0.25, 0.3) is 17.0 Å². The summed E-state index contributed by atoms with van der Waals surface area (Å²) >= 11 is 0. The quantitative estimate of drug-likeness (QED) is 0.374. The van der Waals surface area contributed by atoms with E-state index < -0.39 is 5.91 Å². The highest BCUT2D eigenvalue weighted by atomic mass is 16.5. The fraction of sp³-hybridized carbons (Fsp3) is 0.0769. The number of carbonyl (C=O) groups is 2. The molecular formula is C26H21N3O3. The van der Waals surface area contributed by atoms with Crippen molar-refractivity contribution in [1.82, 2.24) is 9.99 Å². The van der Waals surface area contributed by atoms with Gasteiger partial charge in [-0.1, -0.05) is 54.6 Å². The van der Waals surface area contributed by atoms with E-state index in [4.69, 9.17) is 4.74 Å². The number of nitrogens with one attached hydrogen (secondary N) is 1. The first-order valence-electron chi connectivity index (χ1n) is 10.4. The molecule has 158 valence electrons. The van der Waals surface area contributed by atoms with Gasteiger partial charge in [-0.2, -0.15) is 0 Å². The maximum atomic E-state index is 12.9. The van der Waals surface area contributed by atoms with Crippen LogP contribution in [0.4, 0.5) is 5.69 Å². The normalized spacial score (nSPS) is 14.9. The van der Waals surface area contributed by atoms with E-state index in [2.05, 4.69) is 9.99 Å². The van der Waals surface area contributed by atoms with Crippen molar-refractivity contribution >= 4 is 34.5 Å². The van der Waals surface area contributed by atoms with Gasteiger partial charge < -0.3 is 9.30 Å². The fourth-order valence-corrected chi connectivity index (χ4v) is 3.83. The average Bonchev–Trinajstić information content (AvgIpc) is 3.33. The minimum atomic E-state index is -0.414. The Labute approximate surface area is 185 Å². The average molecular weight is 423 g/mol. The molecule has 1 N–H and O–H groups in total. The summed E-state index contributed by atoms with van der Waals surface area (Å²) < 4.78 is 7.92. The number of hydrogen-bond donors (Lipinski definition) is 1. The second-order valence-corrected chi connectivity index (χ2v) is 7.43. The predicted octanol–water partition coefficient (Wildman–Crippen LogP) is 4.18. The molecule has 1 fully saturated rings. The largest absolute Gasteiger partial charge is 0.492 e. The number of aromatic nitrogens is 1. The lowest BCUT2D eigenvalue weighted by molar-refractivity contribution is -0.117. The van der Waals surface area contributed by atoms with E-state index in [1.165, 1.54) is 5.01 Å². The number of fused-ring (bicyclic) bond motifs is 1. The third-order valence-corrected chi connectivity index (χ3v) is 5.37. The zero-order valence-electron chi connectivity index (χ0n) is 17.3. The monoisotopic (exact) mass is 423 g/mol. The van der Waals surface area contributed by atoms with Gasteiger partial charge in [-0.25, -0.2) is 5.01 Å². The molecule has 0 bridgehead atoms. The van der Waals surface area contributed by atoms with E-state index in [9.17, 15) is 9.59 Å². The predicted molar refractivity (Wildman–Crippen MR) is 124 cm³/mol. The molecule has 0 spiro atoms. The second kappa shape index (κ2) is 8.43. The van der Waals surface area contributed by atoms with E-state index in [1.807, 2.05) is 79.0 Å². The number of anilines is 1. The molecule has 5 rings (SSSR count). The van der Waals surface area contributed by atoms with Crippen molar-refractivity contribution in [2.24, 2.45) is 0 Å². The van der Waals surface area contributed by atoms with Crippen molar-refractivity contribution in [3.05, 3.63) is 102 Å². The number of hydrazine groups is 1. The van der Waals surface area contributed by atoms with Crippen LogP contribution in [0.2, 0.25) is 0 Å². The summed E-state index contributed by atoms with van der Waals surface area (Å²) in [7, 11) is 0. The summed E-state index contributed by atoms with van der Waals surface area (Å²) in [6, 6.07) is 26.7. The van der Waals surface area contributed by atoms with E-state index >= 15 is 0 Å². The van der Waals surface area contributed by atoms with Crippen molar-refractivity contribution in [3.8, 4) is 5.75 Å². The first-order valence-corrected chi connectivity index (χ1v) is 10.4. The number of amides is 2. The highest BCUT2D eigenvalue weighted by molar-refractivity contribution is 6.32. The Kier molecular flexibility index (Phi) is 5.17. The molecule has 0 saturated carbocycles. The Balaban J connectivity index is 1.42. The van der Waals surface area contributed by atoms with Gasteiger partial charge in [-0.05, 0) is 36.4 Å². The summed E-state index contributed by atoms with van der Waals surface area (Å²) in [6.45, 7) is 1.13. The van der Waals surface area contributed by atoms with Crippen molar-refractivity contribution < 1.29 is 14.3 Å². The van der Waals surface area contributed by atoms with Gasteiger partial charge in [0.1, 0.15) is 17.9 Å². The summed E-state index contributed by atoms with van der Waals surface area (Å²) in [5.74, 6) is 0.0362. The minimum Gasteiger partial charge on any atom is -0.492 e. The smallest absolute Gasteiger partial charge is 0.282 e. The van der Waals surface area contributed by atoms with Gasteiger partial charge in [-0.3, -0.25) is 15.0 Å². The Morgan fingerprint density at radius 2 is 1.53 bits per heavy atom. The first-order chi connectivity index (χ1) is 15.7. The molecule has 2 amide bonds. The van der Waals surface area contributed by atoms with Crippen LogP contribution in [0.5, 0.6) is 5.75 Å². The lowest BCUT2D eigenvalue weighted by atomic mass is 10.1. The fourth-order valence-electron chi connectivity index (χ4n) is 3.83. The molecule has 6 heteroatoms. The number of ether oxygens (including phenoxy) is 1. The van der Waals surface area contributed by atoms with E-state index in [1.54, 1.807) is 18.2 Å². The van der Waals surface area contributed by atoms with Crippen LogP contribution in [0.3, 0.4) is 0 Å². The number of carbonyl (C=O) groups excluding carboxylic acids is 2. The highest BCUT2D eigenvalue weighted by Gasteiger charge is 2.34. The second-order valence-electron chi connectivity index (χ2n) is 7.43. The van der Waals surface area contributed by atoms with Crippen LogP contribution in [-0.2, 0) is 16.1 Å². The maximum Gasteiger partial charge on any atom is 0.282 e. The molecule has 1 aromatic heterocycles. The number of hydrogen-bond acceptors (Lipinski definition) is 3. The number of para-hydroxylation sites is 3. The molecule has 6 nitrogen and oxygen atoms in total. The van der Waals surface area contributed by atoms with Gasteiger partial charge in [0.25, 0.3) is 11.8 Å². The molecule has 0 atom stereocenters. The topological polar surface area (TPSA) is 63.6 Å². The van der Waals surface area contributed by atoms with E-state index in [-0.39, 0.29) is 11.5 Å². The van der Waals surface area contributed by atoms with Gasteiger partial charge in [0.2, 0.25) is 0 Å². The Morgan fingerprint density at radius 1 is 0.844 bits per heavy atom. The third kappa shape index (κ3) is 3.74. The molecule has 0 unspecified atom stereocenters. The molecule has 2 heterocycles. The Bertz CT molecular complexity index is 1310. The highest BCUT2D eigenvalue weighted by Crippen LogP contribution is 2.26. The van der Waals surface area contributed by atoms with Crippen molar-refractivity contribution in [2.45, 2.75) is 6.54 Å². The lowest BCUT2D eigenvalue weighted by Crippen LogP contribution is -2.35. The summed E-state index contributed by atoms with van der Waals surface area (Å²) in [5, 5.41) is 2.25. The van der Waals surface area contributed by atoms with Gasteiger partial charge in [-0.15, -0.1) is 0 Å². The van der Waals surface area contributed by atoms with E-state index in [0.29, 0.717) is 18.8 Å². The molecule has 0 radical (unpaired) electrons. The molecule has 4 aromatic rings. The number of benzene rings is 3. The Hall–Kier alpha value is -4.32. The first kappa shape index (κ1) is 19.6. The molecule has 0 aliphatic carbocycles. The van der Waals surface area contributed by atoms with Crippen LogP contribution in [-0.4, -0.2) is 23.0 Å². The SMILES string of the molecule is O=C1NN(c2ccccc2)C(=O)/C1=C/c1cn(CCOc2ccccc2)c2ccccc12. The summed E-state index contributed by atoms with van der Waals surface area (Å²) in [6.07, 6.45) is 3.62. The van der Waals surface area contributed by atoms with Crippen molar-refractivity contribution in [3.63, 3.8) is 0 Å².